The average Bonchev–Trinajstić information content (AvgIpc) is 2.51. The summed E-state index contributed by atoms with van der Waals surface area (Å²) < 4.78 is 11.0. The van der Waals surface area contributed by atoms with Gasteiger partial charge in [-0.1, -0.05) is 0 Å². The summed E-state index contributed by atoms with van der Waals surface area (Å²) in [5, 5.41) is 0. The lowest BCUT2D eigenvalue weighted by Gasteiger charge is -2.22. The minimum absolute atomic E-state index is 0.227. The van der Waals surface area contributed by atoms with Crippen LogP contribution in [0.15, 0.2) is 12.3 Å². The van der Waals surface area contributed by atoms with Crippen LogP contribution in [0.3, 0.4) is 0 Å². The molecule has 1 aliphatic heterocycles. The van der Waals surface area contributed by atoms with Gasteiger partial charge in [0.1, 0.15) is 5.60 Å². The summed E-state index contributed by atoms with van der Waals surface area (Å²) in [4.78, 5) is 7.76. The second kappa shape index (κ2) is 3.42. The molecule has 76 valence electrons. The maximum absolute atomic E-state index is 5.69. The molecule has 2 rings (SSSR count). The molecule has 1 fully saturated rings. The van der Waals surface area contributed by atoms with Crippen molar-refractivity contribution in [3.05, 3.63) is 12.3 Å². The smallest absolute Gasteiger partial charge is 0.223 e. The normalized spacial score (nSPS) is 26.4. The standard InChI is InChI=1S/C9H13N3O2/c1-9(3-5-13-6-9)14-7-2-4-11-8(10)12-7/h2,4H,3,5-6H2,1H3,(H2,10,11,12). The van der Waals surface area contributed by atoms with Gasteiger partial charge in [-0.15, -0.1) is 0 Å². The van der Waals surface area contributed by atoms with Crippen LogP contribution in [0, 0.1) is 0 Å². The van der Waals surface area contributed by atoms with Crippen molar-refractivity contribution in [3.63, 3.8) is 0 Å². The van der Waals surface area contributed by atoms with Gasteiger partial charge in [0.25, 0.3) is 0 Å². The number of hydrogen-bond acceptors (Lipinski definition) is 5. The maximum atomic E-state index is 5.69. The Morgan fingerprint density at radius 3 is 3.14 bits per heavy atom. The molecule has 0 aliphatic carbocycles. The van der Waals surface area contributed by atoms with E-state index >= 15 is 0 Å². The van der Waals surface area contributed by atoms with Crippen molar-refractivity contribution >= 4 is 5.95 Å². The molecule has 5 heteroatoms. The zero-order chi connectivity index (χ0) is 10.0. The van der Waals surface area contributed by atoms with Crippen LogP contribution in [-0.2, 0) is 4.74 Å². The first-order chi connectivity index (χ1) is 6.68. The Labute approximate surface area is 82.3 Å². The van der Waals surface area contributed by atoms with Crippen LogP contribution in [0.1, 0.15) is 13.3 Å². The first kappa shape index (κ1) is 9.21. The Balaban J connectivity index is 2.10. The van der Waals surface area contributed by atoms with Gasteiger partial charge >= 0.3 is 0 Å². The minimum atomic E-state index is -0.277. The van der Waals surface area contributed by atoms with Crippen LogP contribution < -0.4 is 10.5 Å². The van der Waals surface area contributed by atoms with E-state index in [1.54, 1.807) is 12.3 Å². The van der Waals surface area contributed by atoms with E-state index in [9.17, 15) is 0 Å². The highest BCUT2D eigenvalue weighted by Gasteiger charge is 2.32. The van der Waals surface area contributed by atoms with Crippen LogP contribution in [-0.4, -0.2) is 28.8 Å². The summed E-state index contributed by atoms with van der Waals surface area (Å²) >= 11 is 0. The predicted octanol–water partition coefficient (Wildman–Crippen LogP) is 0.617. The highest BCUT2D eigenvalue weighted by Crippen LogP contribution is 2.24. The van der Waals surface area contributed by atoms with Gasteiger partial charge in [0, 0.05) is 18.7 Å². The third kappa shape index (κ3) is 1.93. The molecule has 0 bridgehead atoms. The predicted molar refractivity (Wildman–Crippen MR) is 50.9 cm³/mol. The van der Waals surface area contributed by atoms with Gasteiger partial charge in [-0.05, 0) is 6.92 Å². The molecule has 14 heavy (non-hydrogen) atoms. The fraction of sp³-hybridized carbons (Fsp3) is 0.556. The largest absolute Gasteiger partial charge is 0.469 e. The molecular weight excluding hydrogens is 182 g/mol. The Bertz CT molecular complexity index is 324. The van der Waals surface area contributed by atoms with E-state index in [4.69, 9.17) is 15.2 Å². The Morgan fingerprint density at radius 2 is 2.50 bits per heavy atom. The monoisotopic (exact) mass is 195 g/mol. The highest BCUT2D eigenvalue weighted by atomic mass is 16.6. The van der Waals surface area contributed by atoms with E-state index in [2.05, 4.69) is 9.97 Å². The molecule has 5 nitrogen and oxygen atoms in total. The van der Waals surface area contributed by atoms with Gasteiger partial charge in [-0.3, -0.25) is 0 Å². The molecule has 0 spiro atoms. The topological polar surface area (TPSA) is 70.3 Å². The summed E-state index contributed by atoms with van der Waals surface area (Å²) in [6, 6.07) is 1.69. The summed E-state index contributed by atoms with van der Waals surface area (Å²) in [5.41, 5.74) is 5.17. The van der Waals surface area contributed by atoms with Gasteiger partial charge < -0.3 is 15.2 Å². The maximum Gasteiger partial charge on any atom is 0.223 e. The Kier molecular flexibility index (Phi) is 2.25. The van der Waals surface area contributed by atoms with E-state index in [0.717, 1.165) is 13.0 Å². The van der Waals surface area contributed by atoms with Crippen LogP contribution in [0.25, 0.3) is 0 Å². The van der Waals surface area contributed by atoms with Crippen LogP contribution >= 0.6 is 0 Å². The third-order valence-corrected chi connectivity index (χ3v) is 2.18. The molecule has 0 amide bonds. The zero-order valence-corrected chi connectivity index (χ0v) is 8.06. The quantitative estimate of drug-likeness (QED) is 0.749. The molecule has 1 aliphatic rings. The summed E-state index contributed by atoms with van der Waals surface area (Å²) in [6.07, 6.45) is 2.45. The van der Waals surface area contributed by atoms with Crippen LogP contribution in [0.4, 0.5) is 5.95 Å². The molecule has 2 heterocycles. The molecular formula is C9H13N3O2. The van der Waals surface area contributed by atoms with Crippen molar-refractivity contribution in [2.24, 2.45) is 0 Å². The lowest BCUT2D eigenvalue weighted by Crippen LogP contribution is -2.32. The fourth-order valence-electron chi connectivity index (χ4n) is 1.39. The van der Waals surface area contributed by atoms with Gasteiger partial charge in [0.2, 0.25) is 11.8 Å². The molecule has 1 atom stereocenters. The number of nitrogen functional groups attached to an aromatic ring is 1. The molecule has 0 saturated carbocycles. The molecule has 1 aromatic heterocycles. The number of nitrogens with two attached hydrogens (primary N) is 1. The van der Waals surface area contributed by atoms with Crippen LogP contribution in [0.2, 0.25) is 0 Å². The van der Waals surface area contributed by atoms with Crippen molar-refractivity contribution in [1.29, 1.82) is 0 Å². The number of ether oxygens (including phenoxy) is 2. The van der Waals surface area contributed by atoms with Crippen molar-refractivity contribution in [2.75, 3.05) is 18.9 Å². The second-order valence-corrected chi connectivity index (χ2v) is 3.61. The molecule has 1 unspecified atom stereocenters. The van der Waals surface area contributed by atoms with Gasteiger partial charge in [-0.25, -0.2) is 4.98 Å². The van der Waals surface area contributed by atoms with Crippen molar-refractivity contribution in [1.82, 2.24) is 9.97 Å². The van der Waals surface area contributed by atoms with Crippen molar-refractivity contribution < 1.29 is 9.47 Å². The van der Waals surface area contributed by atoms with Gasteiger partial charge in [0.15, 0.2) is 0 Å². The second-order valence-electron chi connectivity index (χ2n) is 3.61. The number of anilines is 1. The summed E-state index contributed by atoms with van der Waals surface area (Å²) in [5.74, 6) is 0.732. The Hall–Kier alpha value is -1.36. The highest BCUT2D eigenvalue weighted by molar-refractivity contribution is 5.21. The van der Waals surface area contributed by atoms with Gasteiger partial charge in [0.05, 0.1) is 13.2 Å². The third-order valence-electron chi connectivity index (χ3n) is 2.18. The van der Waals surface area contributed by atoms with E-state index in [-0.39, 0.29) is 11.5 Å². The number of rotatable bonds is 2. The van der Waals surface area contributed by atoms with E-state index in [1.807, 2.05) is 6.92 Å². The SMILES string of the molecule is CC1(Oc2ccnc(N)n2)CCOC1. The lowest BCUT2D eigenvalue weighted by atomic mass is 10.1. The molecule has 0 radical (unpaired) electrons. The number of nitrogens with zero attached hydrogens (tertiary/aromatic N) is 2. The number of hydrogen-bond donors (Lipinski definition) is 1. The van der Waals surface area contributed by atoms with Crippen molar-refractivity contribution in [2.45, 2.75) is 18.9 Å². The average molecular weight is 195 g/mol. The molecule has 0 aromatic carbocycles. The fourth-order valence-corrected chi connectivity index (χ4v) is 1.39. The minimum Gasteiger partial charge on any atom is -0.469 e. The zero-order valence-electron chi connectivity index (χ0n) is 8.06. The van der Waals surface area contributed by atoms with Crippen molar-refractivity contribution in [3.8, 4) is 5.88 Å². The summed E-state index contributed by atoms with van der Waals surface area (Å²) in [7, 11) is 0. The van der Waals surface area contributed by atoms with E-state index < -0.39 is 0 Å². The summed E-state index contributed by atoms with van der Waals surface area (Å²) in [6.45, 7) is 3.33. The molecule has 1 aromatic rings. The lowest BCUT2D eigenvalue weighted by molar-refractivity contribution is 0.0622. The Morgan fingerprint density at radius 1 is 1.64 bits per heavy atom. The molecule has 1 saturated heterocycles. The van der Waals surface area contributed by atoms with E-state index in [0.29, 0.717) is 12.5 Å². The van der Waals surface area contributed by atoms with E-state index in [1.165, 1.54) is 0 Å². The van der Waals surface area contributed by atoms with Crippen LogP contribution in [0.5, 0.6) is 5.88 Å². The molecule has 2 N–H and O–H groups in total. The van der Waals surface area contributed by atoms with Gasteiger partial charge in [-0.2, -0.15) is 4.98 Å². The first-order valence-electron chi connectivity index (χ1n) is 4.53. The number of aromatic nitrogens is 2. The first-order valence-corrected chi connectivity index (χ1v) is 4.53.